The Morgan fingerprint density at radius 2 is 2.44 bits per heavy atom. The zero-order valence-corrected chi connectivity index (χ0v) is 5.93. The maximum Gasteiger partial charge on any atom is 0.0259 e. The van der Waals surface area contributed by atoms with Crippen LogP contribution in [0.1, 0.15) is 26.2 Å². The molecule has 1 heterocycles. The molecule has 2 bridgehead atoms. The van der Waals surface area contributed by atoms with Crippen LogP contribution in [0.5, 0.6) is 0 Å². The molecular formula is C7H14N2. The molecule has 2 rings (SSSR count). The van der Waals surface area contributed by atoms with Gasteiger partial charge < -0.3 is 0 Å². The number of nitrogens with one attached hydrogen (secondary N) is 1. The minimum absolute atomic E-state index is 0.829. The molecule has 2 atom stereocenters. The molecule has 0 radical (unpaired) electrons. The smallest absolute Gasteiger partial charge is 0.0259 e. The lowest BCUT2D eigenvalue weighted by Crippen LogP contribution is -2.42. The number of hydrogen-bond donors (Lipinski definition) is 1. The standard InChI is InChI=1S/C7H14N2/c1-2-9-7-4-3-6(5-7)8-9/h6-8H,2-5H2,1H3. The first-order valence-electron chi connectivity index (χ1n) is 3.93. The van der Waals surface area contributed by atoms with Crippen molar-refractivity contribution in [1.29, 1.82) is 0 Å². The predicted octanol–water partition coefficient (Wildman–Crippen LogP) is 0.748. The predicted molar refractivity (Wildman–Crippen MR) is 36.9 cm³/mol. The summed E-state index contributed by atoms with van der Waals surface area (Å²) in [5.74, 6) is 0. The van der Waals surface area contributed by atoms with Crippen LogP contribution in [0.4, 0.5) is 0 Å². The Morgan fingerprint density at radius 1 is 1.56 bits per heavy atom. The van der Waals surface area contributed by atoms with Gasteiger partial charge in [-0.15, -0.1) is 0 Å². The molecule has 0 spiro atoms. The van der Waals surface area contributed by atoms with E-state index in [-0.39, 0.29) is 0 Å². The Balaban J connectivity index is 2.01. The maximum atomic E-state index is 3.47. The summed E-state index contributed by atoms with van der Waals surface area (Å²) in [4.78, 5) is 0. The van der Waals surface area contributed by atoms with E-state index in [0.29, 0.717) is 0 Å². The topological polar surface area (TPSA) is 15.3 Å². The summed E-state index contributed by atoms with van der Waals surface area (Å²) in [6.07, 6.45) is 4.22. The highest BCUT2D eigenvalue weighted by atomic mass is 15.6. The van der Waals surface area contributed by atoms with Gasteiger partial charge in [-0.25, -0.2) is 5.01 Å². The fourth-order valence-corrected chi connectivity index (χ4v) is 2.05. The van der Waals surface area contributed by atoms with Crippen molar-refractivity contribution in [3.63, 3.8) is 0 Å². The molecule has 0 aromatic carbocycles. The molecule has 2 aliphatic rings. The van der Waals surface area contributed by atoms with E-state index in [9.17, 15) is 0 Å². The Morgan fingerprint density at radius 3 is 2.78 bits per heavy atom. The lowest BCUT2D eigenvalue weighted by Gasteiger charge is -2.25. The van der Waals surface area contributed by atoms with Crippen molar-refractivity contribution >= 4 is 0 Å². The molecule has 1 aliphatic carbocycles. The second kappa shape index (κ2) is 1.96. The molecule has 1 saturated carbocycles. The zero-order chi connectivity index (χ0) is 6.27. The minimum Gasteiger partial charge on any atom is -0.252 e. The second-order valence-corrected chi connectivity index (χ2v) is 3.08. The highest BCUT2D eigenvalue weighted by Crippen LogP contribution is 2.29. The van der Waals surface area contributed by atoms with Crippen molar-refractivity contribution in [2.24, 2.45) is 0 Å². The summed E-state index contributed by atoms with van der Waals surface area (Å²) in [6.45, 7) is 3.38. The van der Waals surface area contributed by atoms with Crippen molar-refractivity contribution < 1.29 is 0 Å². The number of hydrogen-bond acceptors (Lipinski definition) is 2. The summed E-state index contributed by atoms with van der Waals surface area (Å²) >= 11 is 0. The largest absolute Gasteiger partial charge is 0.252 e. The van der Waals surface area contributed by atoms with Gasteiger partial charge in [-0.3, -0.25) is 5.43 Å². The number of rotatable bonds is 1. The van der Waals surface area contributed by atoms with E-state index in [0.717, 1.165) is 12.1 Å². The highest BCUT2D eigenvalue weighted by molar-refractivity contribution is 4.91. The number of nitrogens with zero attached hydrogens (tertiary/aromatic N) is 1. The lowest BCUT2D eigenvalue weighted by molar-refractivity contribution is 0.152. The Labute approximate surface area is 56.2 Å². The zero-order valence-electron chi connectivity index (χ0n) is 5.93. The summed E-state index contributed by atoms with van der Waals surface area (Å²) in [5, 5.41) is 2.38. The van der Waals surface area contributed by atoms with E-state index in [1.165, 1.54) is 25.8 Å². The Kier molecular flexibility index (Phi) is 1.24. The minimum atomic E-state index is 0.829. The van der Waals surface area contributed by atoms with Gasteiger partial charge in [0.25, 0.3) is 0 Å². The lowest BCUT2D eigenvalue weighted by atomic mass is 10.2. The first-order valence-corrected chi connectivity index (χ1v) is 3.93. The third-order valence-corrected chi connectivity index (χ3v) is 2.53. The molecule has 1 aliphatic heterocycles. The average Bonchev–Trinajstić information content (AvgIpc) is 2.45. The SMILES string of the molecule is CCN1NC2CCC1C2. The third kappa shape index (κ3) is 0.775. The molecule has 2 nitrogen and oxygen atoms in total. The van der Waals surface area contributed by atoms with Gasteiger partial charge in [-0.05, 0) is 19.3 Å². The molecule has 52 valence electrons. The molecule has 2 fully saturated rings. The second-order valence-electron chi connectivity index (χ2n) is 3.08. The van der Waals surface area contributed by atoms with Crippen molar-refractivity contribution in [3.05, 3.63) is 0 Å². The molecule has 2 unspecified atom stereocenters. The highest BCUT2D eigenvalue weighted by Gasteiger charge is 2.36. The Hall–Kier alpha value is -0.0800. The van der Waals surface area contributed by atoms with Gasteiger partial charge in [-0.1, -0.05) is 6.92 Å². The van der Waals surface area contributed by atoms with Gasteiger partial charge in [-0.2, -0.15) is 0 Å². The van der Waals surface area contributed by atoms with Gasteiger partial charge in [0.1, 0.15) is 0 Å². The van der Waals surface area contributed by atoms with E-state index in [1.54, 1.807) is 0 Å². The summed E-state index contributed by atoms with van der Waals surface area (Å²) in [5.41, 5.74) is 3.47. The van der Waals surface area contributed by atoms with Crippen molar-refractivity contribution in [2.75, 3.05) is 6.54 Å². The van der Waals surface area contributed by atoms with Crippen LogP contribution < -0.4 is 5.43 Å². The average molecular weight is 126 g/mol. The van der Waals surface area contributed by atoms with Crippen molar-refractivity contribution in [1.82, 2.24) is 10.4 Å². The number of fused-ring (bicyclic) bond motifs is 2. The molecule has 1 saturated heterocycles. The molecule has 9 heavy (non-hydrogen) atoms. The van der Waals surface area contributed by atoms with Crippen LogP contribution in [0.15, 0.2) is 0 Å². The number of hydrazine groups is 1. The fourth-order valence-electron chi connectivity index (χ4n) is 2.05. The molecule has 0 aromatic heterocycles. The van der Waals surface area contributed by atoms with Crippen LogP contribution in [-0.4, -0.2) is 23.6 Å². The van der Waals surface area contributed by atoms with E-state index in [2.05, 4.69) is 17.4 Å². The molecule has 1 N–H and O–H groups in total. The van der Waals surface area contributed by atoms with Gasteiger partial charge in [0.2, 0.25) is 0 Å². The van der Waals surface area contributed by atoms with Crippen molar-refractivity contribution in [2.45, 2.75) is 38.3 Å². The first kappa shape index (κ1) is 5.69. The van der Waals surface area contributed by atoms with E-state index in [1.807, 2.05) is 0 Å². The summed E-state index contributed by atoms with van der Waals surface area (Å²) in [7, 11) is 0. The summed E-state index contributed by atoms with van der Waals surface area (Å²) < 4.78 is 0. The van der Waals surface area contributed by atoms with Gasteiger partial charge in [0, 0.05) is 18.6 Å². The van der Waals surface area contributed by atoms with Gasteiger partial charge in [0.15, 0.2) is 0 Å². The third-order valence-electron chi connectivity index (χ3n) is 2.53. The van der Waals surface area contributed by atoms with Crippen LogP contribution in [0.25, 0.3) is 0 Å². The first-order chi connectivity index (χ1) is 4.40. The maximum absolute atomic E-state index is 3.47. The van der Waals surface area contributed by atoms with Crippen LogP contribution in [0, 0.1) is 0 Å². The quantitative estimate of drug-likeness (QED) is 0.557. The van der Waals surface area contributed by atoms with Crippen LogP contribution in [-0.2, 0) is 0 Å². The van der Waals surface area contributed by atoms with E-state index < -0.39 is 0 Å². The monoisotopic (exact) mass is 126 g/mol. The van der Waals surface area contributed by atoms with Crippen LogP contribution in [0.3, 0.4) is 0 Å². The van der Waals surface area contributed by atoms with Gasteiger partial charge >= 0.3 is 0 Å². The normalized spacial score (nSPS) is 42.3. The molecular weight excluding hydrogens is 112 g/mol. The van der Waals surface area contributed by atoms with Crippen molar-refractivity contribution in [3.8, 4) is 0 Å². The van der Waals surface area contributed by atoms with Gasteiger partial charge in [0.05, 0.1) is 0 Å². The van der Waals surface area contributed by atoms with E-state index in [4.69, 9.17) is 0 Å². The van der Waals surface area contributed by atoms with Crippen LogP contribution in [0.2, 0.25) is 0 Å². The van der Waals surface area contributed by atoms with E-state index >= 15 is 0 Å². The summed E-state index contributed by atoms with van der Waals surface area (Å²) in [6, 6.07) is 1.70. The Bertz CT molecular complexity index is 113. The molecule has 0 amide bonds. The molecule has 0 aromatic rings. The molecule has 2 heteroatoms. The van der Waals surface area contributed by atoms with Crippen LogP contribution >= 0.6 is 0 Å². The fraction of sp³-hybridized carbons (Fsp3) is 1.00.